The van der Waals surface area contributed by atoms with E-state index in [1.165, 1.54) is 31.4 Å². The molecule has 0 amide bonds. The quantitative estimate of drug-likeness (QED) is 0.763. The zero-order valence-corrected chi connectivity index (χ0v) is 10.9. The molecule has 1 aliphatic heterocycles. The first-order valence-corrected chi connectivity index (χ1v) is 6.73. The van der Waals surface area contributed by atoms with Crippen molar-refractivity contribution in [2.75, 3.05) is 13.1 Å². The fourth-order valence-electron chi connectivity index (χ4n) is 2.64. The van der Waals surface area contributed by atoms with Gasteiger partial charge in [0.25, 0.3) is 0 Å². The highest BCUT2D eigenvalue weighted by atomic mass is 19.1. The fraction of sp³-hybridized carbons (Fsp3) is 0.533. The second-order valence-electron chi connectivity index (χ2n) is 4.96. The van der Waals surface area contributed by atoms with E-state index in [0.29, 0.717) is 18.2 Å². The van der Waals surface area contributed by atoms with E-state index >= 15 is 0 Å². The number of hydrogen-bond acceptors (Lipinski definition) is 2. The molecule has 1 aliphatic rings. The average molecular weight is 249 g/mol. The van der Waals surface area contributed by atoms with Crippen LogP contribution in [0.4, 0.5) is 4.39 Å². The van der Waals surface area contributed by atoms with E-state index in [9.17, 15) is 9.18 Å². The number of carbonyl (C=O) groups is 1. The maximum atomic E-state index is 12.8. The predicted octanol–water partition coefficient (Wildman–Crippen LogP) is 3.27. The minimum absolute atomic E-state index is 0.0929. The van der Waals surface area contributed by atoms with Gasteiger partial charge in [0, 0.05) is 11.6 Å². The second kappa shape index (κ2) is 6.10. The average Bonchev–Trinajstić information content (AvgIpc) is 2.40. The van der Waals surface area contributed by atoms with Gasteiger partial charge >= 0.3 is 0 Å². The molecule has 3 heteroatoms. The number of rotatable bonds is 4. The molecule has 1 fully saturated rings. The Bertz CT molecular complexity index is 401. The van der Waals surface area contributed by atoms with Crippen molar-refractivity contribution < 1.29 is 9.18 Å². The molecule has 0 aromatic heterocycles. The molecule has 18 heavy (non-hydrogen) atoms. The van der Waals surface area contributed by atoms with Crippen LogP contribution in [-0.4, -0.2) is 29.8 Å². The molecule has 0 bridgehead atoms. The van der Waals surface area contributed by atoms with Crippen LogP contribution >= 0.6 is 0 Å². The molecular formula is C15H20FNO. The largest absolute Gasteiger partial charge is 0.293 e. The van der Waals surface area contributed by atoms with E-state index in [1.54, 1.807) is 12.1 Å². The molecule has 2 nitrogen and oxygen atoms in total. The lowest BCUT2D eigenvalue weighted by atomic mass is 9.99. The van der Waals surface area contributed by atoms with Crippen LogP contribution < -0.4 is 0 Å². The predicted molar refractivity (Wildman–Crippen MR) is 70.2 cm³/mol. The molecule has 1 aromatic rings. The third kappa shape index (κ3) is 3.16. The van der Waals surface area contributed by atoms with Crippen LogP contribution in [0.1, 0.15) is 43.0 Å². The van der Waals surface area contributed by atoms with E-state index in [-0.39, 0.29) is 11.6 Å². The number of carbonyl (C=O) groups excluding carboxylic acids is 1. The fourth-order valence-corrected chi connectivity index (χ4v) is 2.64. The van der Waals surface area contributed by atoms with Gasteiger partial charge in [0.1, 0.15) is 5.82 Å². The molecule has 98 valence electrons. The Hall–Kier alpha value is -1.22. The summed E-state index contributed by atoms with van der Waals surface area (Å²) in [7, 11) is 0. The van der Waals surface area contributed by atoms with Gasteiger partial charge in [0.2, 0.25) is 0 Å². The van der Waals surface area contributed by atoms with Crippen molar-refractivity contribution >= 4 is 5.78 Å². The first kappa shape index (κ1) is 13.2. The molecule has 1 heterocycles. The van der Waals surface area contributed by atoms with Crippen LogP contribution in [-0.2, 0) is 0 Å². The summed E-state index contributed by atoms with van der Waals surface area (Å²) in [6.07, 6.45) is 4.72. The van der Waals surface area contributed by atoms with Gasteiger partial charge in [-0.2, -0.15) is 0 Å². The summed E-state index contributed by atoms with van der Waals surface area (Å²) in [5.41, 5.74) is 0.608. The summed E-state index contributed by atoms with van der Waals surface area (Å²) in [5, 5.41) is 0. The molecule has 0 radical (unpaired) electrons. The van der Waals surface area contributed by atoms with Gasteiger partial charge in [-0.15, -0.1) is 0 Å². The normalized spacial score (nSPS) is 20.9. The zero-order valence-electron chi connectivity index (χ0n) is 10.9. The summed E-state index contributed by atoms with van der Waals surface area (Å²) >= 11 is 0. The SMILES string of the molecule is CC[C@H]1CCCCN1CC(=O)c1ccc(F)cc1. The van der Waals surface area contributed by atoms with Crippen molar-refractivity contribution in [2.45, 2.75) is 38.6 Å². The third-order valence-corrected chi connectivity index (χ3v) is 3.73. The highest BCUT2D eigenvalue weighted by Crippen LogP contribution is 2.19. The van der Waals surface area contributed by atoms with Crippen molar-refractivity contribution in [3.8, 4) is 0 Å². The number of Topliss-reactive ketones (excluding diaryl/α,β-unsaturated/α-hetero) is 1. The highest BCUT2D eigenvalue weighted by molar-refractivity contribution is 5.97. The highest BCUT2D eigenvalue weighted by Gasteiger charge is 2.23. The number of halogens is 1. The van der Waals surface area contributed by atoms with Crippen molar-refractivity contribution in [2.24, 2.45) is 0 Å². The lowest BCUT2D eigenvalue weighted by Crippen LogP contribution is -2.42. The molecule has 2 rings (SSSR count). The maximum Gasteiger partial charge on any atom is 0.176 e. The monoisotopic (exact) mass is 249 g/mol. The summed E-state index contributed by atoms with van der Waals surface area (Å²) in [6.45, 7) is 3.64. The number of likely N-dealkylation sites (tertiary alicyclic amines) is 1. The van der Waals surface area contributed by atoms with Crippen LogP contribution in [0, 0.1) is 5.82 Å². The van der Waals surface area contributed by atoms with E-state index in [4.69, 9.17) is 0 Å². The Morgan fingerprint density at radius 3 is 2.72 bits per heavy atom. The first-order valence-electron chi connectivity index (χ1n) is 6.73. The van der Waals surface area contributed by atoms with Gasteiger partial charge in [0.05, 0.1) is 6.54 Å². The van der Waals surface area contributed by atoms with Gasteiger partial charge in [-0.05, 0) is 50.1 Å². The van der Waals surface area contributed by atoms with E-state index in [1.807, 2.05) is 0 Å². The van der Waals surface area contributed by atoms with Crippen molar-refractivity contribution in [1.82, 2.24) is 4.90 Å². The minimum atomic E-state index is -0.295. The Morgan fingerprint density at radius 1 is 1.33 bits per heavy atom. The van der Waals surface area contributed by atoms with Crippen molar-refractivity contribution in [1.29, 1.82) is 0 Å². The molecule has 0 N–H and O–H groups in total. The minimum Gasteiger partial charge on any atom is -0.293 e. The Balaban J connectivity index is 1.99. The molecule has 1 atom stereocenters. The van der Waals surface area contributed by atoms with Crippen LogP contribution in [0.2, 0.25) is 0 Å². The van der Waals surface area contributed by atoms with E-state index < -0.39 is 0 Å². The van der Waals surface area contributed by atoms with Gasteiger partial charge in [0.15, 0.2) is 5.78 Å². The molecule has 1 aromatic carbocycles. The van der Waals surface area contributed by atoms with Crippen molar-refractivity contribution in [3.05, 3.63) is 35.6 Å². The number of hydrogen-bond donors (Lipinski definition) is 0. The lowest BCUT2D eigenvalue weighted by Gasteiger charge is -2.34. The molecule has 0 unspecified atom stereocenters. The summed E-state index contributed by atoms with van der Waals surface area (Å²) in [5.74, 6) is -0.202. The van der Waals surface area contributed by atoms with Crippen LogP contribution in [0.15, 0.2) is 24.3 Å². The van der Waals surface area contributed by atoms with Gasteiger partial charge in [-0.25, -0.2) is 4.39 Å². The van der Waals surface area contributed by atoms with Crippen molar-refractivity contribution in [3.63, 3.8) is 0 Å². The summed E-state index contributed by atoms with van der Waals surface area (Å²) in [4.78, 5) is 14.4. The Morgan fingerprint density at radius 2 is 2.06 bits per heavy atom. The van der Waals surface area contributed by atoms with Gasteiger partial charge < -0.3 is 0 Å². The smallest absolute Gasteiger partial charge is 0.176 e. The van der Waals surface area contributed by atoms with Crippen LogP contribution in [0.25, 0.3) is 0 Å². The lowest BCUT2D eigenvalue weighted by molar-refractivity contribution is 0.0838. The van der Waals surface area contributed by atoms with Crippen LogP contribution in [0.5, 0.6) is 0 Å². The van der Waals surface area contributed by atoms with Gasteiger partial charge in [-0.3, -0.25) is 9.69 Å². The summed E-state index contributed by atoms with van der Waals surface area (Å²) < 4.78 is 12.8. The maximum absolute atomic E-state index is 12.8. The topological polar surface area (TPSA) is 20.3 Å². The molecular weight excluding hydrogens is 229 g/mol. The Labute approximate surface area is 108 Å². The third-order valence-electron chi connectivity index (χ3n) is 3.73. The van der Waals surface area contributed by atoms with E-state index in [0.717, 1.165) is 13.0 Å². The standard InChI is InChI=1S/C15H20FNO/c1-2-14-5-3-4-10-17(14)11-15(18)12-6-8-13(16)9-7-12/h6-9,14H,2-5,10-11H2,1H3/t14-/m0/s1. The molecule has 0 saturated carbocycles. The zero-order chi connectivity index (χ0) is 13.0. The number of piperidine rings is 1. The molecule has 1 saturated heterocycles. The molecule has 0 aliphatic carbocycles. The van der Waals surface area contributed by atoms with Crippen LogP contribution in [0.3, 0.4) is 0 Å². The molecule has 0 spiro atoms. The Kier molecular flexibility index (Phi) is 4.48. The van der Waals surface area contributed by atoms with Gasteiger partial charge in [-0.1, -0.05) is 13.3 Å². The number of nitrogens with zero attached hydrogens (tertiary/aromatic N) is 1. The first-order chi connectivity index (χ1) is 8.70. The number of ketones is 1. The second-order valence-corrected chi connectivity index (χ2v) is 4.96. The summed E-state index contributed by atoms with van der Waals surface area (Å²) in [6, 6.07) is 6.37. The van der Waals surface area contributed by atoms with E-state index in [2.05, 4.69) is 11.8 Å². The number of benzene rings is 1.